The smallest absolute Gasteiger partial charge is 0.330 e. The van der Waals surface area contributed by atoms with Crippen molar-refractivity contribution in [1.29, 1.82) is 0 Å². The van der Waals surface area contributed by atoms with Crippen molar-refractivity contribution >= 4 is 12.0 Å². The van der Waals surface area contributed by atoms with Crippen molar-refractivity contribution in [3.63, 3.8) is 0 Å². The molecule has 0 atom stereocenters. The first-order chi connectivity index (χ1) is 9.62. The van der Waals surface area contributed by atoms with Gasteiger partial charge in [-0.2, -0.15) is 0 Å². The number of methoxy groups -OCH3 is 2. The van der Waals surface area contributed by atoms with Gasteiger partial charge in [0.15, 0.2) is 11.5 Å². The third-order valence-corrected chi connectivity index (χ3v) is 2.66. The number of phenols is 1. The molecule has 0 radical (unpaired) electrons. The first-order valence-electron chi connectivity index (χ1n) is 6.42. The molecule has 0 saturated heterocycles. The fourth-order valence-corrected chi connectivity index (χ4v) is 1.54. The Labute approximate surface area is 118 Å². The highest BCUT2D eigenvalue weighted by Gasteiger charge is 2.10. The Bertz CT molecular complexity index is 454. The van der Waals surface area contributed by atoms with Crippen LogP contribution in [0.1, 0.15) is 25.3 Å². The van der Waals surface area contributed by atoms with E-state index in [1.807, 2.05) is 6.92 Å². The predicted molar refractivity (Wildman–Crippen MR) is 76.1 cm³/mol. The second-order valence-corrected chi connectivity index (χ2v) is 4.13. The van der Waals surface area contributed by atoms with E-state index < -0.39 is 5.97 Å². The van der Waals surface area contributed by atoms with E-state index in [2.05, 4.69) is 0 Å². The molecule has 1 N–H and O–H groups in total. The molecule has 0 aliphatic rings. The summed E-state index contributed by atoms with van der Waals surface area (Å²) in [5.41, 5.74) is 0.670. The van der Waals surface area contributed by atoms with Crippen LogP contribution < -0.4 is 9.47 Å². The van der Waals surface area contributed by atoms with E-state index in [1.165, 1.54) is 20.3 Å². The van der Waals surface area contributed by atoms with Crippen LogP contribution in [0.5, 0.6) is 17.2 Å². The van der Waals surface area contributed by atoms with Gasteiger partial charge in [0.1, 0.15) is 0 Å². The molecule has 1 aromatic carbocycles. The molecule has 5 heteroatoms. The molecule has 0 fully saturated rings. The maximum Gasteiger partial charge on any atom is 0.330 e. The molecule has 0 saturated carbocycles. The topological polar surface area (TPSA) is 65.0 Å². The monoisotopic (exact) mass is 280 g/mol. The van der Waals surface area contributed by atoms with Gasteiger partial charge in [-0.3, -0.25) is 0 Å². The molecule has 0 aliphatic heterocycles. The van der Waals surface area contributed by atoms with Gasteiger partial charge in [0, 0.05) is 6.08 Å². The number of hydrogen-bond acceptors (Lipinski definition) is 5. The summed E-state index contributed by atoms with van der Waals surface area (Å²) >= 11 is 0. The highest BCUT2D eigenvalue weighted by atomic mass is 16.5. The van der Waals surface area contributed by atoms with E-state index in [1.54, 1.807) is 18.2 Å². The SMILES string of the molecule is CCCCOC(=O)/C=C/c1cc(OC)c(O)c(OC)c1. The van der Waals surface area contributed by atoms with Crippen LogP contribution in [0.2, 0.25) is 0 Å². The van der Waals surface area contributed by atoms with Crippen LogP contribution >= 0.6 is 0 Å². The van der Waals surface area contributed by atoms with Crippen LogP contribution in [0.3, 0.4) is 0 Å². The van der Waals surface area contributed by atoms with Crippen molar-refractivity contribution in [2.24, 2.45) is 0 Å². The lowest BCUT2D eigenvalue weighted by Gasteiger charge is -2.09. The van der Waals surface area contributed by atoms with Gasteiger partial charge in [-0.05, 0) is 30.2 Å². The van der Waals surface area contributed by atoms with Gasteiger partial charge in [-0.25, -0.2) is 4.79 Å². The van der Waals surface area contributed by atoms with Crippen molar-refractivity contribution in [2.45, 2.75) is 19.8 Å². The first-order valence-corrected chi connectivity index (χ1v) is 6.42. The number of benzene rings is 1. The van der Waals surface area contributed by atoms with Gasteiger partial charge < -0.3 is 19.3 Å². The molecular weight excluding hydrogens is 260 g/mol. The van der Waals surface area contributed by atoms with Gasteiger partial charge in [0.25, 0.3) is 0 Å². The Morgan fingerprint density at radius 1 is 1.25 bits per heavy atom. The lowest BCUT2D eigenvalue weighted by molar-refractivity contribution is -0.137. The summed E-state index contributed by atoms with van der Waals surface area (Å²) in [7, 11) is 2.89. The second-order valence-electron chi connectivity index (χ2n) is 4.13. The van der Waals surface area contributed by atoms with E-state index in [4.69, 9.17) is 14.2 Å². The van der Waals surface area contributed by atoms with Crippen LogP contribution in [-0.2, 0) is 9.53 Å². The third-order valence-electron chi connectivity index (χ3n) is 2.66. The van der Waals surface area contributed by atoms with Crippen LogP contribution in [0.25, 0.3) is 6.08 Å². The predicted octanol–water partition coefficient (Wildman–Crippen LogP) is 2.77. The molecule has 0 heterocycles. The number of aromatic hydroxyl groups is 1. The summed E-state index contributed by atoms with van der Waals surface area (Å²) < 4.78 is 15.1. The van der Waals surface area contributed by atoms with E-state index in [0.29, 0.717) is 12.2 Å². The summed E-state index contributed by atoms with van der Waals surface area (Å²) in [5, 5.41) is 9.77. The number of carbonyl (C=O) groups is 1. The molecule has 1 aromatic rings. The standard InChI is InChI=1S/C15H20O5/c1-4-5-8-20-14(16)7-6-11-9-12(18-2)15(17)13(10-11)19-3/h6-7,9-10,17H,4-5,8H2,1-3H3/b7-6+. The minimum Gasteiger partial charge on any atom is -0.502 e. The normalized spacial score (nSPS) is 10.6. The Kier molecular flexibility index (Phi) is 6.43. The molecule has 0 amide bonds. The lowest BCUT2D eigenvalue weighted by atomic mass is 10.1. The van der Waals surface area contributed by atoms with E-state index in [9.17, 15) is 9.90 Å². The Hall–Kier alpha value is -2.17. The minimum absolute atomic E-state index is 0.0716. The number of rotatable bonds is 7. The van der Waals surface area contributed by atoms with Crippen molar-refractivity contribution in [1.82, 2.24) is 0 Å². The summed E-state index contributed by atoms with van der Waals surface area (Å²) in [6.07, 6.45) is 4.74. The Morgan fingerprint density at radius 3 is 2.35 bits per heavy atom. The fourth-order valence-electron chi connectivity index (χ4n) is 1.54. The quantitative estimate of drug-likeness (QED) is 0.472. The Morgan fingerprint density at radius 2 is 1.85 bits per heavy atom. The zero-order chi connectivity index (χ0) is 15.0. The molecule has 1 rings (SSSR count). The number of ether oxygens (including phenoxy) is 3. The van der Waals surface area contributed by atoms with E-state index in [0.717, 1.165) is 12.8 Å². The van der Waals surface area contributed by atoms with Crippen molar-refractivity contribution in [3.05, 3.63) is 23.8 Å². The van der Waals surface area contributed by atoms with Gasteiger partial charge >= 0.3 is 5.97 Å². The summed E-state index contributed by atoms with van der Waals surface area (Å²) in [4.78, 5) is 11.4. The molecule has 0 unspecified atom stereocenters. The molecule has 5 nitrogen and oxygen atoms in total. The maximum absolute atomic E-state index is 11.4. The first kappa shape index (κ1) is 15.9. The van der Waals surface area contributed by atoms with Crippen molar-refractivity contribution in [3.8, 4) is 17.2 Å². The van der Waals surface area contributed by atoms with E-state index in [-0.39, 0.29) is 17.2 Å². The number of esters is 1. The number of unbranched alkanes of at least 4 members (excludes halogenated alkanes) is 1. The van der Waals surface area contributed by atoms with Crippen LogP contribution in [-0.4, -0.2) is 31.9 Å². The summed E-state index contributed by atoms with van der Waals surface area (Å²) in [6, 6.07) is 3.21. The highest BCUT2D eigenvalue weighted by Crippen LogP contribution is 2.37. The van der Waals surface area contributed by atoms with Gasteiger partial charge in [0.05, 0.1) is 20.8 Å². The molecule has 0 aromatic heterocycles. The number of phenolic OH excluding ortho intramolecular Hbond substituents is 1. The van der Waals surface area contributed by atoms with E-state index >= 15 is 0 Å². The molecule has 0 aliphatic carbocycles. The second kappa shape index (κ2) is 8.09. The van der Waals surface area contributed by atoms with Gasteiger partial charge in [0.2, 0.25) is 5.75 Å². The average Bonchev–Trinajstić information content (AvgIpc) is 2.46. The highest BCUT2D eigenvalue weighted by molar-refractivity contribution is 5.87. The molecule has 0 bridgehead atoms. The molecule has 0 spiro atoms. The average molecular weight is 280 g/mol. The zero-order valence-electron chi connectivity index (χ0n) is 12.0. The molecule has 20 heavy (non-hydrogen) atoms. The fraction of sp³-hybridized carbons (Fsp3) is 0.400. The van der Waals surface area contributed by atoms with Gasteiger partial charge in [-0.15, -0.1) is 0 Å². The number of hydrogen-bond donors (Lipinski definition) is 1. The summed E-state index contributed by atoms with van der Waals surface area (Å²) in [5.74, 6) is 0.0915. The van der Waals surface area contributed by atoms with Crippen molar-refractivity contribution < 1.29 is 24.1 Å². The van der Waals surface area contributed by atoms with Crippen LogP contribution in [0, 0.1) is 0 Å². The van der Waals surface area contributed by atoms with Crippen LogP contribution in [0.4, 0.5) is 0 Å². The minimum atomic E-state index is -0.399. The van der Waals surface area contributed by atoms with Gasteiger partial charge in [-0.1, -0.05) is 13.3 Å². The number of carbonyl (C=O) groups excluding carboxylic acids is 1. The summed E-state index contributed by atoms with van der Waals surface area (Å²) in [6.45, 7) is 2.45. The lowest BCUT2D eigenvalue weighted by Crippen LogP contribution is -2.01. The maximum atomic E-state index is 11.4. The Balaban J connectivity index is 2.79. The largest absolute Gasteiger partial charge is 0.502 e. The zero-order valence-corrected chi connectivity index (χ0v) is 12.0. The van der Waals surface area contributed by atoms with Crippen LogP contribution in [0.15, 0.2) is 18.2 Å². The molecule has 110 valence electrons. The third kappa shape index (κ3) is 4.50. The van der Waals surface area contributed by atoms with Crippen molar-refractivity contribution in [2.75, 3.05) is 20.8 Å². The molecular formula is C15H20O5.